The molecule has 1 aromatic carbocycles. The van der Waals surface area contributed by atoms with Gasteiger partial charge in [-0.15, -0.1) is 10.2 Å². The maximum Gasteiger partial charge on any atom is 0.226 e. The molecular weight excluding hydrogens is 382 g/mol. The van der Waals surface area contributed by atoms with Crippen molar-refractivity contribution in [2.45, 2.75) is 19.3 Å². The smallest absolute Gasteiger partial charge is 0.226 e. The number of hydrogen-bond acceptors (Lipinski definition) is 6. The first kappa shape index (κ1) is 18.2. The van der Waals surface area contributed by atoms with E-state index in [-0.39, 0.29) is 17.0 Å². The Balaban J connectivity index is 1.84. The number of carbonyl (C=O) groups excluding carboxylic acids is 1. The van der Waals surface area contributed by atoms with Gasteiger partial charge in [0, 0.05) is 17.9 Å². The number of halogens is 1. The molecule has 0 saturated carbocycles. The fourth-order valence-corrected chi connectivity index (χ4v) is 3.59. The molecule has 3 heterocycles. The summed E-state index contributed by atoms with van der Waals surface area (Å²) in [4.78, 5) is 12.5. The van der Waals surface area contributed by atoms with Crippen molar-refractivity contribution >= 4 is 23.3 Å². The van der Waals surface area contributed by atoms with Crippen LogP contribution in [0.4, 0.5) is 5.82 Å². The van der Waals surface area contributed by atoms with Crippen LogP contribution in [0.1, 0.15) is 29.2 Å². The predicted octanol–water partition coefficient (Wildman–Crippen LogP) is 3.12. The molecule has 0 fully saturated rings. The van der Waals surface area contributed by atoms with Crippen LogP contribution in [0.5, 0.6) is 11.5 Å². The molecule has 0 spiro atoms. The second-order valence-electron chi connectivity index (χ2n) is 6.39. The number of methoxy groups -OCH3 is 2. The molecule has 1 N–H and O–H groups in total. The van der Waals surface area contributed by atoms with Crippen LogP contribution in [0.2, 0.25) is 5.15 Å². The van der Waals surface area contributed by atoms with Gasteiger partial charge in [-0.3, -0.25) is 4.79 Å². The predicted molar refractivity (Wildman–Crippen MR) is 104 cm³/mol. The fourth-order valence-electron chi connectivity index (χ4n) is 3.49. The highest BCUT2D eigenvalue weighted by Gasteiger charge is 2.33. The van der Waals surface area contributed by atoms with E-state index in [1.54, 1.807) is 31.0 Å². The fraction of sp³-hybridized carbons (Fsp3) is 0.263. The number of anilines is 1. The van der Waals surface area contributed by atoms with E-state index in [1.165, 1.54) is 0 Å². The molecule has 1 amide bonds. The number of fused-ring (bicyclic) bond motifs is 1. The molecule has 0 aliphatic carbocycles. The van der Waals surface area contributed by atoms with Gasteiger partial charge in [0.05, 0.1) is 19.9 Å². The molecule has 8 nitrogen and oxygen atoms in total. The summed E-state index contributed by atoms with van der Waals surface area (Å²) in [5, 5.41) is 15.7. The molecule has 2 aromatic heterocycles. The van der Waals surface area contributed by atoms with E-state index in [9.17, 15) is 4.79 Å². The van der Waals surface area contributed by atoms with E-state index < -0.39 is 0 Å². The van der Waals surface area contributed by atoms with Crippen molar-refractivity contribution in [2.75, 3.05) is 19.5 Å². The minimum Gasteiger partial charge on any atom is -0.493 e. The third-order valence-corrected chi connectivity index (χ3v) is 4.95. The number of aromatic nitrogens is 4. The molecule has 0 unspecified atom stereocenters. The quantitative estimate of drug-likeness (QED) is 0.724. The molecular formula is C19H18ClN5O3. The molecule has 9 heteroatoms. The Hall–Kier alpha value is -3.13. The van der Waals surface area contributed by atoms with E-state index in [1.807, 2.05) is 25.1 Å². The van der Waals surface area contributed by atoms with Gasteiger partial charge >= 0.3 is 0 Å². The molecule has 4 rings (SSSR count). The zero-order chi connectivity index (χ0) is 19.8. The maximum absolute atomic E-state index is 12.5. The van der Waals surface area contributed by atoms with Crippen molar-refractivity contribution in [3.8, 4) is 17.3 Å². The summed E-state index contributed by atoms with van der Waals surface area (Å²) in [5.41, 5.74) is 2.67. The molecule has 28 heavy (non-hydrogen) atoms. The number of nitrogens with zero attached hydrogens (tertiary/aromatic N) is 4. The normalized spacial score (nSPS) is 15.7. The second-order valence-corrected chi connectivity index (χ2v) is 6.78. The highest BCUT2D eigenvalue weighted by atomic mass is 35.5. The van der Waals surface area contributed by atoms with Gasteiger partial charge in [0.2, 0.25) is 5.91 Å². The number of hydrogen-bond donors (Lipinski definition) is 1. The summed E-state index contributed by atoms with van der Waals surface area (Å²) >= 11 is 5.83. The van der Waals surface area contributed by atoms with Crippen molar-refractivity contribution in [3.63, 3.8) is 0 Å². The standard InChI is InChI=1S/C19H18ClN5O3/c1-10-18-12(11-4-5-13(27-2)14(8-11)28-3)9-17(26)21-19(18)25(24-10)16-7-6-15(20)22-23-16/h4-8,12H,9H2,1-3H3,(H,21,26)/t12-/m1/s1. The number of benzene rings is 1. The average molecular weight is 400 g/mol. The molecule has 144 valence electrons. The largest absolute Gasteiger partial charge is 0.493 e. The molecule has 0 radical (unpaired) electrons. The van der Waals surface area contributed by atoms with E-state index in [4.69, 9.17) is 21.1 Å². The van der Waals surface area contributed by atoms with Crippen molar-refractivity contribution in [1.29, 1.82) is 0 Å². The van der Waals surface area contributed by atoms with Crippen molar-refractivity contribution in [2.24, 2.45) is 0 Å². The van der Waals surface area contributed by atoms with Gasteiger partial charge in [0.1, 0.15) is 5.82 Å². The third-order valence-electron chi connectivity index (χ3n) is 4.75. The Morgan fingerprint density at radius 1 is 1.14 bits per heavy atom. The number of ether oxygens (including phenoxy) is 2. The van der Waals surface area contributed by atoms with Crippen molar-refractivity contribution in [1.82, 2.24) is 20.0 Å². The lowest BCUT2D eigenvalue weighted by Crippen LogP contribution is -2.25. The lowest BCUT2D eigenvalue weighted by molar-refractivity contribution is -0.116. The second kappa shape index (κ2) is 7.12. The Labute approximate surface area is 166 Å². The van der Waals surface area contributed by atoms with Crippen molar-refractivity contribution < 1.29 is 14.3 Å². The third kappa shape index (κ3) is 3.05. The van der Waals surface area contributed by atoms with Crippen LogP contribution in [0, 0.1) is 6.92 Å². The number of amides is 1. The summed E-state index contributed by atoms with van der Waals surface area (Å²) in [6.45, 7) is 1.91. The summed E-state index contributed by atoms with van der Waals surface area (Å²) in [5.74, 6) is 2.04. The van der Waals surface area contributed by atoms with Crippen LogP contribution in [0.15, 0.2) is 30.3 Å². The van der Waals surface area contributed by atoms with Gasteiger partial charge < -0.3 is 14.8 Å². The van der Waals surface area contributed by atoms with Crippen LogP contribution in [-0.4, -0.2) is 40.1 Å². The first-order chi connectivity index (χ1) is 13.5. The lowest BCUT2D eigenvalue weighted by atomic mass is 9.85. The van der Waals surface area contributed by atoms with E-state index in [0.717, 1.165) is 16.8 Å². The highest BCUT2D eigenvalue weighted by molar-refractivity contribution is 6.29. The number of rotatable bonds is 4. The molecule has 1 aliphatic rings. The van der Waals surface area contributed by atoms with Gasteiger partial charge in [-0.05, 0) is 36.8 Å². The summed E-state index contributed by atoms with van der Waals surface area (Å²) in [6, 6.07) is 9.00. The van der Waals surface area contributed by atoms with Crippen LogP contribution in [-0.2, 0) is 4.79 Å². The SMILES string of the molecule is COc1ccc([C@H]2CC(=O)Nc3c2c(C)nn3-c2ccc(Cl)nn2)cc1OC. The number of aryl methyl sites for hydroxylation is 1. The monoisotopic (exact) mass is 399 g/mol. The van der Waals surface area contributed by atoms with Gasteiger partial charge in [0.15, 0.2) is 22.5 Å². The Morgan fingerprint density at radius 2 is 1.93 bits per heavy atom. The van der Waals surface area contributed by atoms with Crippen LogP contribution in [0.25, 0.3) is 5.82 Å². The van der Waals surface area contributed by atoms with Gasteiger partial charge in [-0.1, -0.05) is 17.7 Å². The first-order valence-corrected chi connectivity index (χ1v) is 9.00. The number of carbonyl (C=O) groups is 1. The van der Waals surface area contributed by atoms with E-state index in [0.29, 0.717) is 29.6 Å². The first-order valence-electron chi connectivity index (χ1n) is 8.62. The summed E-state index contributed by atoms with van der Waals surface area (Å²) in [7, 11) is 3.17. The summed E-state index contributed by atoms with van der Waals surface area (Å²) in [6.07, 6.45) is 0.307. The molecule has 0 saturated heterocycles. The molecule has 1 atom stereocenters. The molecule has 3 aromatic rings. The van der Waals surface area contributed by atoms with Gasteiger partial charge in [0.25, 0.3) is 0 Å². The summed E-state index contributed by atoms with van der Waals surface area (Å²) < 4.78 is 12.3. The van der Waals surface area contributed by atoms with E-state index in [2.05, 4.69) is 20.6 Å². The molecule has 0 bridgehead atoms. The zero-order valence-corrected chi connectivity index (χ0v) is 16.3. The Kier molecular flexibility index (Phi) is 4.64. The van der Waals surface area contributed by atoms with Crippen molar-refractivity contribution in [3.05, 3.63) is 52.3 Å². The van der Waals surface area contributed by atoms with Gasteiger partial charge in [-0.25, -0.2) is 0 Å². The minimum absolute atomic E-state index is 0.102. The Morgan fingerprint density at radius 3 is 2.61 bits per heavy atom. The lowest BCUT2D eigenvalue weighted by Gasteiger charge is -2.24. The highest BCUT2D eigenvalue weighted by Crippen LogP contribution is 2.42. The van der Waals surface area contributed by atoms with Gasteiger partial charge in [-0.2, -0.15) is 9.78 Å². The van der Waals surface area contributed by atoms with Crippen LogP contribution >= 0.6 is 11.6 Å². The van der Waals surface area contributed by atoms with Crippen LogP contribution < -0.4 is 14.8 Å². The Bertz CT molecular complexity index is 1050. The topological polar surface area (TPSA) is 91.2 Å². The molecule has 1 aliphatic heterocycles. The maximum atomic E-state index is 12.5. The average Bonchev–Trinajstić information content (AvgIpc) is 3.03. The zero-order valence-electron chi connectivity index (χ0n) is 15.6. The minimum atomic E-state index is -0.169. The van der Waals surface area contributed by atoms with Crippen LogP contribution in [0.3, 0.4) is 0 Å². The van der Waals surface area contributed by atoms with E-state index >= 15 is 0 Å². The number of nitrogens with one attached hydrogen (secondary N) is 1.